The third-order valence-electron chi connectivity index (χ3n) is 5.88. The Balaban J connectivity index is 1.57. The zero-order valence-corrected chi connectivity index (χ0v) is 21.6. The number of carbonyl (C=O) groups is 2. The van der Waals surface area contributed by atoms with Crippen molar-refractivity contribution in [2.45, 2.75) is 37.5 Å². The molecule has 1 aliphatic heterocycles. The maximum Gasteiger partial charge on any atom is 0.259 e. The van der Waals surface area contributed by atoms with Crippen LogP contribution in [0.4, 0.5) is 0 Å². The summed E-state index contributed by atoms with van der Waals surface area (Å²) in [6.07, 6.45) is 3.48. The van der Waals surface area contributed by atoms with Crippen molar-refractivity contribution < 1.29 is 23.1 Å². The lowest BCUT2D eigenvalue weighted by Crippen LogP contribution is -2.54. The average molecular weight is 513 g/mol. The van der Waals surface area contributed by atoms with Gasteiger partial charge >= 0.3 is 0 Å². The molecule has 0 aromatic heterocycles. The molecule has 2 amide bonds. The van der Waals surface area contributed by atoms with Gasteiger partial charge in [0.05, 0.1) is 17.7 Å². The van der Waals surface area contributed by atoms with Crippen molar-refractivity contribution in [2.75, 3.05) is 26.2 Å². The van der Waals surface area contributed by atoms with Crippen LogP contribution in [0.3, 0.4) is 0 Å². The van der Waals surface area contributed by atoms with Gasteiger partial charge in [-0.15, -0.1) is 6.58 Å². The monoisotopic (exact) mass is 512 g/mol. The van der Waals surface area contributed by atoms with Gasteiger partial charge in [-0.2, -0.15) is 9.41 Å². The molecule has 0 saturated carbocycles. The SMILES string of the molecule is C=CCc1cccc(/C=N/NC(=O)CN2CCN(S(=O)(=O)c3ccc(C(C)(C)C)cc3)CC2=O)c1O. The zero-order chi connectivity index (χ0) is 26.5. The highest BCUT2D eigenvalue weighted by molar-refractivity contribution is 7.89. The minimum absolute atomic E-state index is 0.0518. The number of nitrogens with zero attached hydrogens (tertiary/aromatic N) is 3. The van der Waals surface area contributed by atoms with Crippen molar-refractivity contribution in [1.82, 2.24) is 14.6 Å². The van der Waals surface area contributed by atoms with E-state index in [1.165, 1.54) is 11.1 Å². The number of para-hydroxylation sites is 1. The van der Waals surface area contributed by atoms with Gasteiger partial charge in [0.1, 0.15) is 12.3 Å². The number of phenolic OH excluding ortho intramolecular Hbond substituents is 1. The van der Waals surface area contributed by atoms with Gasteiger partial charge in [0.25, 0.3) is 5.91 Å². The van der Waals surface area contributed by atoms with E-state index < -0.39 is 21.8 Å². The maximum absolute atomic E-state index is 13.0. The number of phenols is 1. The number of allylic oxidation sites excluding steroid dienone is 1. The Kier molecular flexibility index (Phi) is 8.31. The van der Waals surface area contributed by atoms with Gasteiger partial charge in [0, 0.05) is 18.7 Å². The lowest BCUT2D eigenvalue weighted by atomic mass is 9.87. The first-order chi connectivity index (χ1) is 16.9. The van der Waals surface area contributed by atoms with E-state index in [1.54, 1.807) is 48.5 Å². The normalized spacial score (nSPS) is 15.3. The summed E-state index contributed by atoms with van der Waals surface area (Å²) in [4.78, 5) is 26.3. The Labute approximate surface area is 212 Å². The number of amides is 2. The maximum atomic E-state index is 13.0. The summed E-state index contributed by atoms with van der Waals surface area (Å²) in [7, 11) is -3.83. The molecule has 2 aromatic carbocycles. The lowest BCUT2D eigenvalue weighted by Gasteiger charge is -2.33. The van der Waals surface area contributed by atoms with Crippen molar-refractivity contribution in [3.05, 3.63) is 71.8 Å². The summed E-state index contributed by atoms with van der Waals surface area (Å²) < 4.78 is 27.2. The predicted molar refractivity (Wildman–Crippen MR) is 138 cm³/mol. The van der Waals surface area contributed by atoms with Gasteiger partial charge in [0.15, 0.2) is 0 Å². The Morgan fingerprint density at radius 2 is 1.86 bits per heavy atom. The van der Waals surface area contributed by atoms with E-state index in [4.69, 9.17) is 0 Å². The highest BCUT2D eigenvalue weighted by Crippen LogP contribution is 2.25. The van der Waals surface area contributed by atoms with Crippen molar-refractivity contribution in [3.63, 3.8) is 0 Å². The molecule has 192 valence electrons. The second-order valence-electron chi connectivity index (χ2n) is 9.57. The molecule has 3 rings (SSSR count). The molecule has 10 heteroatoms. The largest absolute Gasteiger partial charge is 0.507 e. The first-order valence-electron chi connectivity index (χ1n) is 11.6. The number of piperazine rings is 1. The molecule has 36 heavy (non-hydrogen) atoms. The third-order valence-corrected chi connectivity index (χ3v) is 7.74. The van der Waals surface area contributed by atoms with Crippen LogP contribution in [-0.2, 0) is 31.4 Å². The van der Waals surface area contributed by atoms with Gasteiger partial charge in [-0.05, 0) is 41.2 Å². The fourth-order valence-electron chi connectivity index (χ4n) is 3.75. The summed E-state index contributed by atoms with van der Waals surface area (Å²) >= 11 is 0. The number of hydrogen-bond acceptors (Lipinski definition) is 6. The molecular formula is C26H32N4O5S. The van der Waals surface area contributed by atoms with E-state index in [9.17, 15) is 23.1 Å². The smallest absolute Gasteiger partial charge is 0.259 e. The summed E-state index contributed by atoms with van der Waals surface area (Å²) in [6, 6.07) is 11.9. The summed E-state index contributed by atoms with van der Waals surface area (Å²) in [5.74, 6) is -0.948. The van der Waals surface area contributed by atoms with E-state index in [1.807, 2.05) is 20.8 Å². The van der Waals surface area contributed by atoms with Gasteiger partial charge in [-0.1, -0.05) is 51.1 Å². The van der Waals surface area contributed by atoms with Crippen molar-refractivity contribution in [2.24, 2.45) is 5.10 Å². The van der Waals surface area contributed by atoms with Gasteiger partial charge < -0.3 is 10.0 Å². The zero-order valence-electron chi connectivity index (χ0n) is 20.8. The molecule has 0 atom stereocenters. The summed E-state index contributed by atoms with van der Waals surface area (Å²) in [5.41, 5.74) is 4.35. The number of nitrogens with one attached hydrogen (secondary N) is 1. The number of hydrazone groups is 1. The molecule has 2 N–H and O–H groups in total. The molecule has 0 radical (unpaired) electrons. The minimum Gasteiger partial charge on any atom is -0.507 e. The Bertz CT molecular complexity index is 1260. The van der Waals surface area contributed by atoms with E-state index in [0.717, 1.165) is 9.87 Å². The van der Waals surface area contributed by atoms with Crippen LogP contribution in [0, 0.1) is 0 Å². The molecule has 0 spiro atoms. The van der Waals surface area contributed by atoms with E-state index in [2.05, 4.69) is 17.1 Å². The number of sulfonamides is 1. The number of rotatable bonds is 8. The van der Waals surface area contributed by atoms with Crippen LogP contribution in [0.1, 0.15) is 37.5 Å². The van der Waals surface area contributed by atoms with Crippen LogP contribution in [0.15, 0.2) is 65.1 Å². The fourth-order valence-corrected chi connectivity index (χ4v) is 5.13. The fraction of sp³-hybridized carbons (Fsp3) is 0.346. The average Bonchev–Trinajstić information content (AvgIpc) is 2.82. The standard InChI is InChI=1S/C26H32N4O5S/c1-5-7-19-8-6-9-20(25(19)33)16-27-28-23(31)17-29-14-15-30(18-24(29)32)36(34,35)22-12-10-21(11-13-22)26(2,3)4/h5-6,8-13,16,33H,1,7,14-15,17-18H2,2-4H3,(H,28,31)/b27-16+. The van der Waals surface area contributed by atoms with Gasteiger partial charge in [-0.3, -0.25) is 9.59 Å². The van der Waals surface area contributed by atoms with E-state index in [-0.39, 0.29) is 42.2 Å². The molecule has 1 heterocycles. The second kappa shape index (κ2) is 11.0. The molecular weight excluding hydrogens is 480 g/mol. The van der Waals surface area contributed by atoms with Crippen LogP contribution >= 0.6 is 0 Å². The number of carbonyl (C=O) groups excluding carboxylic acids is 2. The van der Waals surface area contributed by atoms with E-state index in [0.29, 0.717) is 17.5 Å². The second-order valence-corrected chi connectivity index (χ2v) is 11.5. The molecule has 2 aromatic rings. The highest BCUT2D eigenvalue weighted by Gasteiger charge is 2.33. The molecule has 1 fully saturated rings. The molecule has 0 bridgehead atoms. The quantitative estimate of drug-likeness (QED) is 0.320. The molecule has 0 aliphatic carbocycles. The van der Waals surface area contributed by atoms with Crippen LogP contribution in [-0.4, -0.2) is 66.9 Å². The number of benzene rings is 2. The van der Waals surface area contributed by atoms with Crippen LogP contribution in [0.25, 0.3) is 0 Å². The third kappa shape index (κ3) is 6.38. The van der Waals surface area contributed by atoms with E-state index >= 15 is 0 Å². The van der Waals surface area contributed by atoms with Crippen molar-refractivity contribution in [1.29, 1.82) is 0 Å². The summed E-state index contributed by atoms with van der Waals surface area (Å²) in [5, 5.41) is 14.1. The lowest BCUT2D eigenvalue weighted by molar-refractivity contribution is -0.138. The molecule has 9 nitrogen and oxygen atoms in total. The Hall–Kier alpha value is -3.50. The summed E-state index contributed by atoms with van der Waals surface area (Å²) in [6.45, 7) is 9.34. The van der Waals surface area contributed by atoms with Gasteiger partial charge in [-0.25, -0.2) is 13.8 Å². The molecule has 1 aliphatic rings. The van der Waals surface area contributed by atoms with Crippen LogP contribution < -0.4 is 5.43 Å². The van der Waals surface area contributed by atoms with Gasteiger partial charge in [0.2, 0.25) is 15.9 Å². The van der Waals surface area contributed by atoms with Crippen molar-refractivity contribution >= 4 is 28.1 Å². The van der Waals surface area contributed by atoms with Crippen molar-refractivity contribution in [3.8, 4) is 5.75 Å². The Morgan fingerprint density at radius 1 is 1.17 bits per heavy atom. The number of hydrogen-bond donors (Lipinski definition) is 2. The molecule has 1 saturated heterocycles. The first-order valence-corrected chi connectivity index (χ1v) is 13.0. The highest BCUT2D eigenvalue weighted by atomic mass is 32.2. The van der Waals surface area contributed by atoms with Crippen LogP contribution in [0.2, 0.25) is 0 Å². The minimum atomic E-state index is -3.83. The Morgan fingerprint density at radius 3 is 2.47 bits per heavy atom. The number of aromatic hydroxyl groups is 1. The topological polar surface area (TPSA) is 119 Å². The first kappa shape index (κ1) is 27.1. The molecule has 0 unspecified atom stereocenters. The predicted octanol–water partition coefficient (Wildman–Crippen LogP) is 2.40. The van der Waals surface area contributed by atoms with Crippen LogP contribution in [0.5, 0.6) is 5.75 Å².